The third kappa shape index (κ3) is 8.35. The quantitative estimate of drug-likeness (QED) is 0.565. The van der Waals surface area contributed by atoms with Gasteiger partial charge in [0.1, 0.15) is 0 Å². The maximum Gasteiger partial charge on any atom is 0.00752 e. The molecule has 62 valence electrons. The Hall–Kier alpha value is 0.350. The minimum absolute atomic E-state index is 0.424. The lowest BCUT2D eigenvalue weighted by Gasteiger charge is -2.24. The van der Waals surface area contributed by atoms with Gasteiger partial charge in [-0.3, -0.25) is 0 Å². The van der Waals surface area contributed by atoms with Crippen molar-refractivity contribution in [1.82, 2.24) is 0 Å². The average molecular weight is 160 g/mol. The fourth-order valence-corrected chi connectivity index (χ4v) is 1.30. The van der Waals surface area contributed by atoms with Gasteiger partial charge in [-0.2, -0.15) is 11.8 Å². The summed E-state index contributed by atoms with van der Waals surface area (Å²) in [4.78, 5) is 0. The first-order valence-electron chi connectivity index (χ1n) is 3.85. The molecule has 0 saturated heterocycles. The van der Waals surface area contributed by atoms with Crippen molar-refractivity contribution >= 4 is 11.8 Å². The molecule has 0 heterocycles. The van der Waals surface area contributed by atoms with Crippen molar-refractivity contribution in [3.05, 3.63) is 0 Å². The second-order valence-corrected chi connectivity index (χ2v) is 6.76. The monoisotopic (exact) mass is 160 g/mol. The standard InChI is InChI=1S/C9H20S/c1-8(2,3)7-10-9(4,5)6/h7H2,1-6H3. The Morgan fingerprint density at radius 3 is 1.40 bits per heavy atom. The fraction of sp³-hybridized carbons (Fsp3) is 1.00. The Bertz CT molecular complexity index is 78.3. The molecular weight excluding hydrogens is 140 g/mol. The van der Waals surface area contributed by atoms with Gasteiger partial charge in [0, 0.05) is 4.75 Å². The Kier molecular flexibility index (Phi) is 3.28. The van der Waals surface area contributed by atoms with E-state index < -0.39 is 0 Å². The number of rotatable bonds is 1. The third-order valence-corrected chi connectivity index (χ3v) is 2.81. The van der Waals surface area contributed by atoms with Gasteiger partial charge in [0.25, 0.3) is 0 Å². The molecule has 0 atom stereocenters. The van der Waals surface area contributed by atoms with Crippen LogP contribution in [0.4, 0.5) is 0 Å². The van der Waals surface area contributed by atoms with Crippen LogP contribution in [0.15, 0.2) is 0 Å². The van der Waals surface area contributed by atoms with Gasteiger partial charge in [-0.05, 0) is 11.2 Å². The van der Waals surface area contributed by atoms with Crippen molar-refractivity contribution in [2.24, 2.45) is 5.41 Å². The van der Waals surface area contributed by atoms with Crippen LogP contribution in [0.5, 0.6) is 0 Å². The maximum atomic E-state index is 2.28. The van der Waals surface area contributed by atoms with Crippen LogP contribution in [0.2, 0.25) is 0 Å². The molecule has 0 aromatic rings. The van der Waals surface area contributed by atoms with E-state index in [0.29, 0.717) is 10.2 Å². The van der Waals surface area contributed by atoms with Crippen molar-refractivity contribution in [1.29, 1.82) is 0 Å². The number of thioether (sulfide) groups is 1. The summed E-state index contributed by atoms with van der Waals surface area (Å²) in [5, 5.41) is 0. The molecule has 0 rings (SSSR count). The Labute approximate surface area is 69.8 Å². The van der Waals surface area contributed by atoms with E-state index in [-0.39, 0.29) is 0 Å². The SMILES string of the molecule is CC(C)(C)CSC(C)(C)C. The van der Waals surface area contributed by atoms with Crippen LogP contribution < -0.4 is 0 Å². The summed E-state index contributed by atoms with van der Waals surface area (Å²) in [6.07, 6.45) is 0. The van der Waals surface area contributed by atoms with Gasteiger partial charge in [0.05, 0.1) is 0 Å². The van der Waals surface area contributed by atoms with Gasteiger partial charge in [0.2, 0.25) is 0 Å². The van der Waals surface area contributed by atoms with E-state index in [9.17, 15) is 0 Å². The van der Waals surface area contributed by atoms with Crippen LogP contribution in [0.3, 0.4) is 0 Å². The zero-order valence-corrected chi connectivity index (χ0v) is 8.93. The smallest absolute Gasteiger partial charge is 0.00752 e. The van der Waals surface area contributed by atoms with Crippen molar-refractivity contribution in [2.75, 3.05) is 5.75 Å². The van der Waals surface area contributed by atoms with Crippen LogP contribution in [0, 0.1) is 5.41 Å². The van der Waals surface area contributed by atoms with Crippen LogP contribution >= 0.6 is 11.8 Å². The molecule has 0 nitrogen and oxygen atoms in total. The molecule has 0 aromatic heterocycles. The van der Waals surface area contributed by atoms with Crippen molar-refractivity contribution < 1.29 is 0 Å². The summed E-state index contributed by atoms with van der Waals surface area (Å²) in [6.45, 7) is 13.7. The van der Waals surface area contributed by atoms with E-state index in [0.717, 1.165) is 0 Å². The maximum absolute atomic E-state index is 2.28. The van der Waals surface area contributed by atoms with E-state index in [1.165, 1.54) is 5.75 Å². The molecule has 10 heavy (non-hydrogen) atoms. The number of hydrogen-bond acceptors (Lipinski definition) is 1. The predicted octanol–water partition coefficient (Wildman–Crippen LogP) is 3.56. The second kappa shape index (κ2) is 3.17. The topological polar surface area (TPSA) is 0 Å². The summed E-state index contributed by atoms with van der Waals surface area (Å²) >= 11 is 2.04. The molecule has 0 N–H and O–H groups in total. The van der Waals surface area contributed by atoms with E-state index in [2.05, 4.69) is 41.5 Å². The Balaban J connectivity index is 3.56. The molecule has 0 saturated carbocycles. The van der Waals surface area contributed by atoms with Crippen molar-refractivity contribution in [2.45, 2.75) is 46.3 Å². The molecular formula is C9H20S. The van der Waals surface area contributed by atoms with Gasteiger partial charge in [0.15, 0.2) is 0 Å². The zero-order valence-electron chi connectivity index (χ0n) is 8.12. The van der Waals surface area contributed by atoms with Gasteiger partial charge >= 0.3 is 0 Å². The highest BCUT2D eigenvalue weighted by Crippen LogP contribution is 2.30. The minimum atomic E-state index is 0.424. The van der Waals surface area contributed by atoms with E-state index in [1.54, 1.807) is 0 Å². The largest absolute Gasteiger partial charge is 0.155 e. The number of hydrogen-bond donors (Lipinski definition) is 0. The van der Waals surface area contributed by atoms with Gasteiger partial charge in [-0.1, -0.05) is 41.5 Å². The van der Waals surface area contributed by atoms with E-state index in [4.69, 9.17) is 0 Å². The lowest BCUT2D eigenvalue weighted by Crippen LogP contribution is -2.16. The normalized spacial score (nSPS) is 13.8. The highest BCUT2D eigenvalue weighted by molar-refractivity contribution is 8.00. The Morgan fingerprint density at radius 2 is 1.30 bits per heavy atom. The molecule has 0 aliphatic heterocycles. The molecule has 0 aliphatic rings. The molecule has 0 aromatic carbocycles. The summed E-state index contributed by atoms with van der Waals surface area (Å²) in [5.74, 6) is 1.25. The van der Waals surface area contributed by atoms with Crippen LogP contribution in [-0.4, -0.2) is 10.5 Å². The van der Waals surface area contributed by atoms with Crippen LogP contribution in [-0.2, 0) is 0 Å². The first kappa shape index (κ1) is 10.3. The molecule has 0 unspecified atom stereocenters. The lowest BCUT2D eigenvalue weighted by atomic mass is 10.0. The van der Waals surface area contributed by atoms with Gasteiger partial charge < -0.3 is 0 Å². The third-order valence-electron chi connectivity index (χ3n) is 0.938. The minimum Gasteiger partial charge on any atom is -0.155 e. The predicted molar refractivity (Wildman–Crippen MR) is 51.7 cm³/mol. The Morgan fingerprint density at radius 1 is 0.900 bits per heavy atom. The average Bonchev–Trinajstić information content (AvgIpc) is 1.57. The molecule has 0 aliphatic carbocycles. The highest BCUT2D eigenvalue weighted by atomic mass is 32.2. The summed E-state index contributed by atoms with van der Waals surface area (Å²) in [7, 11) is 0. The van der Waals surface area contributed by atoms with Crippen molar-refractivity contribution in [3.63, 3.8) is 0 Å². The van der Waals surface area contributed by atoms with Crippen LogP contribution in [0.25, 0.3) is 0 Å². The molecule has 0 radical (unpaired) electrons. The van der Waals surface area contributed by atoms with Gasteiger partial charge in [-0.25, -0.2) is 0 Å². The fourth-order valence-electron chi connectivity index (χ4n) is 0.433. The second-order valence-electron chi connectivity index (χ2n) is 4.96. The highest BCUT2D eigenvalue weighted by Gasteiger charge is 2.16. The lowest BCUT2D eigenvalue weighted by molar-refractivity contribution is 0.478. The molecule has 1 heteroatoms. The van der Waals surface area contributed by atoms with E-state index >= 15 is 0 Å². The van der Waals surface area contributed by atoms with E-state index in [1.807, 2.05) is 11.8 Å². The molecule has 0 bridgehead atoms. The molecule has 0 fully saturated rings. The van der Waals surface area contributed by atoms with Gasteiger partial charge in [-0.15, -0.1) is 0 Å². The molecule has 0 spiro atoms. The zero-order chi connectivity index (χ0) is 8.41. The first-order chi connectivity index (χ1) is 4.21. The first-order valence-corrected chi connectivity index (χ1v) is 4.83. The van der Waals surface area contributed by atoms with Crippen molar-refractivity contribution in [3.8, 4) is 0 Å². The molecule has 0 amide bonds. The summed E-state index contributed by atoms with van der Waals surface area (Å²) in [6, 6.07) is 0. The summed E-state index contributed by atoms with van der Waals surface area (Å²) in [5.41, 5.74) is 0.470. The summed E-state index contributed by atoms with van der Waals surface area (Å²) < 4.78 is 0.424. The van der Waals surface area contributed by atoms with Crippen LogP contribution in [0.1, 0.15) is 41.5 Å².